The predicted octanol–water partition coefficient (Wildman–Crippen LogP) is 4.87. The maximum atomic E-state index is 9.00. The van der Waals surface area contributed by atoms with Crippen molar-refractivity contribution in [1.82, 2.24) is 5.16 Å². The molecule has 4 rings (SSSR count). The molecule has 0 radical (unpaired) electrons. The molecule has 0 amide bonds. The summed E-state index contributed by atoms with van der Waals surface area (Å²) in [7, 11) is 0. The Morgan fingerprint density at radius 1 is 1.21 bits per heavy atom. The Bertz CT molecular complexity index is 954. The average molecular weight is 336 g/mol. The van der Waals surface area contributed by atoms with Crippen molar-refractivity contribution >= 4 is 23.0 Å². The first-order valence-corrected chi connectivity index (χ1v) is 8.08. The number of hydrogen-bond acceptors (Lipinski definition) is 4. The normalized spacial score (nSPS) is 13.0. The second kappa shape index (κ2) is 5.70. The molecule has 1 aliphatic heterocycles. The standard InChI is InChI=1S/C19H14ClN3O/c1-12-19-16-10-14(20)4-7-17(16)23(9-8-18(19)24-22-12)15-5-2-13(11-21)3-6-15/h2-7,10H,8-9H2,1H3. The van der Waals surface area contributed by atoms with Crippen LogP contribution in [0.5, 0.6) is 0 Å². The van der Waals surface area contributed by atoms with E-state index in [4.69, 9.17) is 21.4 Å². The molecule has 0 fully saturated rings. The lowest BCUT2D eigenvalue weighted by Gasteiger charge is -2.25. The third kappa shape index (κ3) is 2.34. The molecule has 4 nitrogen and oxygen atoms in total. The van der Waals surface area contributed by atoms with Gasteiger partial charge < -0.3 is 9.42 Å². The highest BCUT2D eigenvalue weighted by molar-refractivity contribution is 6.31. The smallest absolute Gasteiger partial charge is 0.146 e. The van der Waals surface area contributed by atoms with Crippen LogP contribution in [0.2, 0.25) is 5.02 Å². The number of benzene rings is 2. The lowest BCUT2D eigenvalue weighted by atomic mass is 10.0. The first kappa shape index (κ1) is 14.8. The molecule has 0 aliphatic carbocycles. The van der Waals surface area contributed by atoms with Gasteiger partial charge in [0.05, 0.1) is 17.3 Å². The van der Waals surface area contributed by atoms with Crippen molar-refractivity contribution in [1.29, 1.82) is 5.26 Å². The van der Waals surface area contributed by atoms with Crippen LogP contribution in [0, 0.1) is 18.3 Å². The number of aryl methyl sites for hydroxylation is 1. The highest BCUT2D eigenvalue weighted by Gasteiger charge is 2.26. The quantitative estimate of drug-likeness (QED) is 0.636. The van der Waals surface area contributed by atoms with E-state index in [0.717, 1.165) is 46.9 Å². The van der Waals surface area contributed by atoms with Gasteiger partial charge in [0.1, 0.15) is 5.76 Å². The number of rotatable bonds is 1. The van der Waals surface area contributed by atoms with Gasteiger partial charge in [-0.25, -0.2) is 0 Å². The van der Waals surface area contributed by atoms with Crippen LogP contribution in [-0.4, -0.2) is 11.7 Å². The molecular formula is C19H14ClN3O. The Kier molecular flexibility index (Phi) is 3.51. The number of hydrogen-bond donors (Lipinski definition) is 0. The van der Waals surface area contributed by atoms with Gasteiger partial charge in [0.2, 0.25) is 0 Å². The van der Waals surface area contributed by atoms with E-state index in [1.807, 2.05) is 49.4 Å². The SMILES string of the molecule is Cc1noc2c1-c1cc(Cl)ccc1N(c1ccc(C#N)cc1)CC2. The van der Waals surface area contributed by atoms with E-state index in [1.165, 1.54) is 0 Å². The fourth-order valence-corrected chi connectivity index (χ4v) is 3.37. The summed E-state index contributed by atoms with van der Waals surface area (Å²) in [5.41, 5.74) is 5.68. The number of aromatic nitrogens is 1. The number of anilines is 2. The summed E-state index contributed by atoms with van der Waals surface area (Å²) in [5.74, 6) is 0.882. The maximum Gasteiger partial charge on any atom is 0.146 e. The first-order chi connectivity index (χ1) is 11.7. The predicted molar refractivity (Wildman–Crippen MR) is 93.6 cm³/mol. The molecular weight excluding hydrogens is 322 g/mol. The Morgan fingerprint density at radius 3 is 2.75 bits per heavy atom. The fraction of sp³-hybridized carbons (Fsp3) is 0.158. The number of halogens is 1. The van der Waals surface area contributed by atoms with Gasteiger partial charge in [0, 0.05) is 40.5 Å². The molecule has 5 heteroatoms. The number of nitrogens with zero attached hydrogens (tertiary/aromatic N) is 3. The summed E-state index contributed by atoms with van der Waals surface area (Å²) in [6.45, 7) is 2.71. The van der Waals surface area contributed by atoms with Crippen molar-refractivity contribution < 1.29 is 4.52 Å². The number of nitriles is 1. The van der Waals surface area contributed by atoms with Crippen molar-refractivity contribution in [2.24, 2.45) is 0 Å². The monoisotopic (exact) mass is 335 g/mol. The molecule has 0 saturated carbocycles. The Morgan fingerprint density at radius 2 is 2.00 bits per heavy atom. The minimum absolute atomic E-state index is 0.650. The van der Waals surface area contributed by atoms with Crippen molar-refractivity contribution in [3.05, 3.63) is 64.5 Å². The summed E-state index contributed by atoms with van der Waals surface area (Å²) >= 11 is 6.24. The Balaban J connectivity index is 1.89. The van der Waals surface area contributed by atoms with Gasteiger partial charge in [-0.15, -0.1) is 0 Å². The van der Waals surface area contributed by atoms with E-state index in [1.54, 1.807) is 0 Å². The second-order valence-corrected chi connectivity index (χ2v) is 6.22. The van der Waals surface area contributed by atoms with E-state index >= 15 is 0 Å². The minimum atomic E-state index is 0.650. The van der Waals surface area contributed by atoms with Gasteiger partial charge in [-0.2, -0.15) is 5.26 Å². The molecule has 0 atom stereocenters. The molecule has 1 aliphatic rings. The van der Waals surface area contributed by atoms with E-state index in [-0.39, 0.29) is 0 Å². The molecule has 24 heavy (non-hydrogen) atoms. The zero-order valence-electron chi connectivity index (χ0n) is 13.1. The van der Waals surface area contributed by atoms with Crippen molar-refractivity contribution in [2.45, 2.75) is 13.3 Å². The molecule has 0 N–H and O–H groups in total. The van der Waals surface area contributed by atoms with Crippen molar-refractivity contribution in [3.63, 3.8) is 0 Å². The second-order valence-electron chi connectivity index (χ2n) is 5.79. The largest absolute Gasteiger partial charge is 0.360 e. The summed E-state index contributed by atoms with van der Waals surface area (Å²) in [6, 6.07) is 15.6. The van der Waals surface area contributed by atoms with E-state index in [9.17, 15) is 0 Å². The van der Waals surface area contributed by atoms with Crippen LogP contribution in [0.15, 0.2) is 47.0 Å². The van der Waals surface area contributed by atoms with Gasteiger partial charge in [-0.3, -0.25) is 0 Å². The number of fused-ring (bicyclic) bond motifs is 3. The van der Waals surface area contributed by atoms with Crippen molar-refractivity contribution in [2.75, 3.05) is 11.4 Å². The zero-order valence-corrected chi connectivity index (χ0v) is 13.8. The van der Waals surface area contributed by atoms with Crippen LogP contribution in [0.1, 0.15) is 17.0 Å². The topological polar surface area (TPSA) is 53.1 Å². The lowest BCUT2D eigenvalue weighted by molar-refractivity contribution is 0.381. The van der Waals surface area contributed by atoms with Gasteiger partial charge in [-0.05, 0) is 49.4 Å². The summed E-state index contributed by atoms with van der Waals surface area (Å²) in [4.78, 5) is 2.22. The molecule has 3 aromatic rings. The molecule has 0 saturated heterocycles. The van der Waals surface area contributed by atoms with Crippen LogP contribution in [-0.2, 0) is 6.42 Å². The Labute approximate surface area is 144 Å². The zero-order chi connectivity index (χ0) is 16.7. The van der Waals surface area contributed by atoms with Crippen molar-refractivity contribution in [3.8, 4) is 17.2 Å². The van der Waals surface area contributed by atoms with Crippen LogP contribution >= 0.6 is 11.6 Å². The lowest BCUT2D eigenvalue weighted by Crippen LogP contribution is -2.19. The van der Waals surface area contributed by atoms with E-state index in [0.29, 0.717) is 10.6 Å². The molecule has 0 unspecified atom stereocenters. The summed E-state index contributed by atoms with van der Waals surface area (Å²) in [6.07, 6.45) is 0.752. The van der Waals surface area contributed by atoms with Crippen LogP contribution in [0.4, 0.5) is 11.4 Å². The highest BCUT2D eigenvalue weighted by atomic mass is 35.5. The molecule has 2 aromatic carbocycles. The molecule has 0 spiro atoms. The molecule has 2 heterocycles. The van der Waals surface area contributed by atoms with Gasteiger partial charge >= 0.3 is 0 Å². The minimum Gasteiger partial charge on any atom is -0.360 e. The van der Waals surface area contributed by atoms with Gasteiger partial charge in [-0.1, -0.05) is 16.8 Å². The maximum absolute atomic E-state index is 9.00. The third-order valence-electron chi connectivity index (χ3n) is 4.32. The Hall–Kier alpha value is -2.77. The van der Waals surface area contributed by atoms with Gasteiger partial charge in [0.15, 0.2) is 0 Å². The van der Waals surface area contributed by atoms with E-state index < -0.39 is 0 Å². The van der Waals surface area contributed by atoms with Crippen LogP contribution in [0.3, 0.4) is 0 Å². The first-order valence-electron chi connectivity index (χ1n) is 7.70. The van der Waals surface area contributed by atoms with Gasteiger partial charge in [0.25, 0.3) is 0 Å². The van der Waals surface area contributed by atoms with E-state index in [2.05, 4.69) is 16.1 Å². The van der Waals surface area contributed by atoms with Crippen LogP contribution < -0.4 is 4.90 Å². The summed E-state index contributed by atoms with van der Waals surface area (Å²) in [5, 5.41) is 13.8. The molecule has 0 bridgehead atoms. The molecule has 118 valence electrons. The van der Waals surface area contributed by atoms with Crippen LogP contribution in [0.25, 0.3) is 11.1 Å². The highest BCUT2D eigenvalue weighted by Crippen LogP contribution is 2.42. The fourth-order valence-electron chi connectivity index (χ4n) is 3.19. The summed E-state index contributed by atoms with van der Waals surface area (Å²) < 4.78 is 5.52. The third-order valence-corrected chi connectivity index (χ3v) is 4.56. The molecule has 1 aromatic heterocycles. The average Bonchev–Trinajstić information content (AvgIpc) is 2.88.